The number of rotatable bonds is 0. The average molecular weight is 130 g/mol. The molecule has 0 radical (unpaired) electrons. The Labute approximate surface area is 53.4 Å². The maximum Gasteiger partial charge on any atom is 0.421 e. The molecule has 1 heterocycles. The molecule has 1 saturated heterocycles. The Bertz CT molecular complexity index is 110. The number of nitrogens with one attached hydrogen (secondary N) is 1. The van der Waals surface area contributed by atoms with Crippen LogP contribution in [0.3, 0.4) is 0 Å². The first-order valence-corrected chi connectivity index (χ1v) is 3.04. The first-order valence-electron chi connectivity index (χ1n) is 3.04. The van der Waals surface area contributed by atoms with Crippen molar-refractivity contribution in [1.82, 2.24) is 10.4 Å². The van der Waals surface area contributed by atoms with Gasteiger partial charge in [-0.3, -0.25) is 0 Å². The topological polar surface area (TPSA) is 52.6 Å². The highest BCUT2D eigenvalue weighted by molar-refractivity contribution is 5.64. The van der Waals surface area contributed by atoms with Crippen LogP contribution in [0.2, 0.25) is 0 Å². The van der Waals surface area contributed by atoms with Crippen LogP contribution < -0.4 is 5.43 Å². The lowest BCUT2D eigenvalue weighted by atomic mass is 10.3. The molecule has 0 aliphatic carbocycles. The maximum atomic E-state index is 10.2. The van der Waals surface area contributed by atoms with Crippen LogP contribution in [0.25, 0.3) is 0 Å². The molecule has 0 bridgehead atoms. The summed E-state index contributed by atoms with van der Waals surface area (Å²) < 4.78 is 0. The smallest absolute Gasteiger partial charge is 0.421 e. The van der Waals surface area contributed by atoms with Crippen LogP contribution in [0.1, 0.15) is 12.8 Å². The second-order valence-electron chi connectivity index (χ2n) is 2.05. The lowest BCUT2D eigenvalue weighted by molar-refractivity contribution is 0.107. The van der Waals surface area contributed by atoms with Gasteiger partial charge in [0, 0.05) is 13.1 Å². The zero-order chi connectivity index (χ0) is 6.69. The SMILES string of the molecule is O=C(O)N1CCCCN1. The van der Waals surface area contributed by atoms with E-state index in [2.05, 4.69) is 5.43 Å². The third kappa shape index (κ3) is 1.57. The second-order valence-corrected chi connectivity index (χ2v) is 2.05. The summed E-state index contributed by atoms with van der Waals surface area (Å²) in [5, 5.41) is 9.63. The molecule has 0 aromatic carbocycles. The molecule has 2 N–H and O–H groups in total. The summed E-state index contributed by atoms with van der Waals surface area (Å²) in [6.45, 7) is 1.40. The Morgan fingerprint density at radius 1 is 1.56 bits per heavy atom. The van der Waals surface area contributed by atoms with Gasteiger partial charge in [0.2, 0.25) is 0 Å². The van der Waals surface area contributed by atoms with Gasteiger partial charge in [-0.25, -0.2) is 15.2 Å². The number of hydrogen-bond acceptors (Lipinski definition) is 2. The molecular formula is C5H10N2O2. The monoisotopic (exact) mass is 130 g/mol. The van der Waals surface area contributed by atoms with E-state index in [1.54, 1.807) is 0 Å². The molecule has 1 rings (SSSR count). The van der Waals surface area contributed by atoms with Crippen molar-refractivity contribution in [3.05, 3.63) is 0 Å². The molecule has 4 heteroatoms. The fourth-order valence-corrected chi connectivity index (χ4v) is 0.851. The van der Waals surface area contributed by atoms with Crippen LogP contribution >= 0.6 is 0 Å². The van der Waals surface area contributed by atoms with Crippen molar-refractivity contribution >= 4 is 6.09 Å². The highest BCUT2D eigenvalue weighted by Gasteiger charge is 2.13. The third-order valence-corrected chi connectivity index (χ3v) is 1.34. The largest absolute Gasteiger partial charge is 0.464 e. The van der Waals surface area contributed by atoms with E-state index in [9.17, 15) is 4.79 Å². The molecule has 1 aliphatic heterocycles. The van der Waals surface area contributed by atoms with E-state index in [-0.39, 0.29) is 0 Å². The van der Waals surface area contributed by atoms with Crippen molar-refractivity contribution < 1.29 is 9.90 Å². The Morgan fingerprint density at radius 2 is 2.33 bits per heavy atom. The molecule has 1 aliphatic rings. The van der Waals surface area contributed by atoms with E-state index in [4.69, 9.17) is 5.11 Å². The number of hydrogen-bond donors (Lipinski definition) is 2. The maximum absolute atomic E-state index is 10.2. The predicted octanol–water partition coefficient (Wildman–Crippen LogP) is 0.265. The van der Waals surface area contributed by atoms with Gasteiger partial charge in [0.15, 0.2) is 0 Å². The van der Waals surface area contributed by atoms with E-state index >= 15 is 0 Å². The molecule has 9 heavy (non-hydrogen) atoms. The third-order valence-electron chi connectivity index (χ3n) is 1.34. The molecule has 0 saturated carbocycles. The summed E-state index contributed by atoms with van der Waals surface area (Å²) in [5.74, 6) is 0. The van der Waals surface area contributed by atoms with Gasteiger partial charge in [-0.05, 0) is 12.8 Å². The number of nitrogens with zero attached hydrogens (tertiary/aromatic N) is 1. The zero-order valence-corrected chi connectivity index (χ0v) is 5.13. The van der Waals surface area contributed by atoms with Crippen molar-refractivity contribution in [3.63, 3.8) is 0 Å². The van der Waals surface area contributed by atoms with Gasteiger partial charge < -0.3 is 5.11 Å². The highest BCUT2D eigenvalue weighted by Crippen LogP contribution is 1.98. The van der Waals surface area contributed by atoms with Crippen molar-refractivity contribution in [3.8, 4) is 0 Å². The number of carboxylic acid groups (broad SMARTS) is 1. The molecule has 0 unspecified atom stereocenters. The molecule has 0 atom stereocenters. The van der Waals surface area contributed by atoms with Gasteiger partial charge in [0.25, 0.3) is 0 Å². The summed E-state index contributed by atoms with van der Waals surface area (Å²) in [6.07, 6.45) is 1.16. The van der Waals surface area contributed by atoms with E-state index in [0.717, 1.165) is 19.4 Å². The van der Waals surface area contributed by atoms with E-state index in [1.165, 1.54) is 5.01 Å². The molecule has 0 aromatic rings. The average Bonchev–Trinajstić information content (AvgIpc) is 1.90. The number of hydrazine groups is 1. The minimum Gasteiger partial charge on any atom is -0.464 e. The van der Waals surface area contributed by atoms with Gasteiger partial charge in [-0.2, -0.15) is 0 Å². The number of amides is 1. The van der Waals surface area contributed by atoms with Crippen LogP contribution in [0, 0.1) is 0 Å². The molecule has 4 nitrogen and oxygen atoms in total. The summed E-state index contributed by atoms with van der Waals surface area (Å²) in [7, 11) is 0. The minimum atomic E-state index is -0.880. The van der Waals surface area contributed by atoms with Gasteiger partial charge >= 0.3 is 6.09 Å². The molecule has 0 spiro atoms. The van der Waals surface area contributed by atoms with Crippen molar-refractivity contribution in [2.75, 3.05) is 13.1 Å². The molecule has 52 valence electrons. The Hall–Kier alpha value is -0.770. The summed E-state index contributed by atoms with van der Waals surface area (Å²) in [5.41, 5.74) is 2.75. The zero-order valence-electron chi connectivity index (χ0n) is 5.13. The van der Waals surface area contributed by atoms with Gasteiger partial charge in [-0.15, -0.1) is 0 Å². The van der Waals surface area contributed by atoms with Crippen molar-refractivity contribution in [1.29, 1.82) is 0 Å². The van der Waals surface area contributed by atoms with Crippen LogP contribution in [-0.4, -0.2) is 29.3 Å². The van der Waals surface area contributed by atoms with Crippen LogP contribution in [-0.2, 0) is 0 Å². The fraction of sp³-hybridized carbons (Fsp3) is 0.800. The van der Waals surface area contributed by atoms with Crippen LogP contribution in [0.5, 0.6) is 0 Å². The van der Waals surface area contributed by atoms with Crippen LogP contribution in [0.4, 0.5) is 4.79 Å². The van der Waals surface area contributed by atoms with E-state index in [1.807, 2.05) is 0 Å². The van der Waals surface area contributed by atoms with E-state index < -0.39 is 6.09 Å². The first-order chi connectivity index (χ1) is 4.30. The molecule has 1 fully saturated rings. The number of carbonyl (C=O) groups is 1. The highest BCUT2D eigenvalue weighted by atomic mass is 16.4. The lowest BCUT2D eigenvalue weighted by Crippen LogP contribution is -2.46. The standard InChI is InChI=1S/C5H10N2O2/c8-5(9)7-4-2-1-3-6-7/h6H,1-4H2,(H,8,9). The molecule has 1 amide bonds. The summed E-state index contributed by atoms with van der Waals surface area (Å²) >= 11 is 0. The Morgan fingerprint density at radius 3 is 2.67 bits per heavy atom. The van der Waals surface area contributed by atoms with Crippen molar-refractivity contribution in [2.24, 2.45) is 0 Å². The second kappa shape index (κ2) is 2.68. The summed E-state index contributed by atoms with van der Waals surface area (Å²) in [4.78, 5) is 10.2. The first kappa shape index (κ1) is 6.35. The molecule has 0 aromatic heterocycles. The van der Waals surface area contributed by atoms with E-state index in [0.29, 0.717) is 6.54 Å². The van der Waals surface area contributed by atoms with Crippen LogP contribution in [0.15, 0.2) is 0 Å². The minimum absolute atomic E-state index is 0.620. The van der Waals surface area contributed by atoms with Gasteiger partial charge in [0.05, 0.1) is 0 Å². The van der Waals surface area contributed by atoms with Gasteiger partial charge in [0.1, 0.15) is 0 Å². The fourth-order valence-electron chi connectivity index (χ4n) is 0.851. The lowest BCUT2D eigenvalue weighted by Gasteiger charge is -2.24. The summed E-state index contributed by atoms with van der Waals surface area (Å²) in [6, 6.07) is 0. The Balaban J connectivity index is 2.31. The quantitative estimate of drug-likeness (QED) is 0.494. The Kier molecular flexibility index (Phi) is 1.89. The molecular weight excluding hydrogens is 120 g/mol. The predicted molar refractivity (Wildman–Crippen MR) is 32.0 cm³/mol. The normalized spacial score (nSPS) is 19.8. The van der Waals surface area contributed by atoms with Gasteiger partial charge in [-0.1, -0.05) is 0 Å². The van der Waals surface area contributed by atoms with Crippen molar-refractivity contribution in [2.45, 2.75) is 12.8 Å².